The van der Waals surface area contributed by atoms with Gasteiger partial charge in [0.2, 0.25) is 0 Å². The summed E-state index contributed by atoms with van der Waals surface area (Å²) in [6.07, 6.45) is 0. The van der Waals surface area contributed by atoms with Gasteiger partial charge in [-0.25, -0.2) is 9.69 Å². The second kappa shape index (κ2) is 8.00. The Morgan fingerprint density at radius 3 is 2.47 bits per heavy atom. The number of ether oxygens (including phenoxy) is 2. The van der Waals surface area contributed by atoms with Crippen LogP contribution in [0, 0.1) is 0 Å². The van der Waals surface area contributed by atoms with Gasteiger partial charge in [0.05, 0.1) is 34.5 Å². The molecule has 0 radical (unpaired) electrons. The average molecular weight is 422 g/mol. The van der Waals surface area contributed by atoms with Crippen molar-refractivity contribution < 1.29 is 23.9 Å². The molecule has 0 aromatic heterocycles. The maximum Gasteiger partial charge on any atom is 0.338 e. The van der Waals surface area contributed by atoms with Crippen molar-refractivity contribution in [3.8, 4) is 5.75 Å². The summed E-state index contributed by atoms with van der Waals surface area (Å²) in [6, 6.07) is 18.0. The molecule has 4 rings (SSSR count). The number of methoxy groups -OCH3 is 1. The van der Waals surface area contributed by atoms with Gasteiger partial charge in [0.1, 0.15) is 12.4 Å². The number of esters is 1. The Morgan fingerprint density at radius 2 is 1.70 bits per heavy atom. The van der Waals surface area contributed by atoms with Crippen molar-refractivity contribution in [2.75, 3.05) is 12.0 Å². The van der Waals surface area contributed by atoms with Crippen molar-refractivity contribution in [1.82, 2.24) is 0 Å². The summed E-state index contributed by atoms with van der Waals surface area (Å²) in [5.74, 6) is -0.966. The third kappa shape index (κ3) is 3.53. The zero-order valence-corrected chi connectivity index (χ0v) is 16.7. The molecule has 0 bridgehead atoms. The second-order valence-corrected chi connectivity index (χ2v) is 6.99. The Bertz CT molecular complexity index is 1170. The molecule has 0 saturated heterocycles. The summed E-state index contributed by atoms with van der Waals surface area (Å²) >= 11 is 6.15. The van der Waals surface area contributed by atoms with Gasteiger partial charge in [-0.15, -0.1) is 0 Å². The SMILES string of the molecule is COc1cccc(COC(=O)c2ccc3c(c2)C(=O)N(c2ccccc2Cl)C3=O)c1. The number of anilines is 1. The monoisotopic (exact) mass is 421 g/mol. The van der Waals surface area contributed by atoms with Crippen LogP contribution in [-0.4, -0.2) is 24.9 Å². The molecule has 1 aliphatic rings. The topological polar surface area (TPSA) is 72.9 Å². The zero-order chi connectivity index (χ0) is 21.3. The van der Waals surface area contributed by atoms with Crippen LogP contribution in [0.2, 0.25) is 5.02 Å². The van der Waals surface area contributed by atoms with Crippen LogP contribution < -0.4 is 9.64 Å². The van der Waals surface area contributed by atoms with E-state index in [1.54, 1.807) is 49.6 Å². The fraction of sp³-hybridized carbons (Fsp3) is 0.0870. The molecule has 3 aromatic rings. The number of rotatable bonds is 5. The molecule has 0 fully saturated rings. The molecular formula is C23H16ClNO5. The molecule has 0 spiro atoms. The third-order valence-corrected chi connectivity index (χ3v) is 5.04. The molecule has 0 saturated carbocycles. The number of para-hydroxylation sites is 1. The molecule has 0 atom stereocenters. The summed E-state index contributed by atoms with van der Waals surface area (Å²) < 4.78 is 10.5. The molecule has 0 unspecified atom stereocenters. The van der Waals surface area contributed by atoms with Crippen molar-refractivity contribution in [2.24, 2.45) is 0 Å². The Hall–Kier alpha value is -3.64. The van der Waals surface area contributed by atoms with Gasteiger partial charge in [0.15, 0.2) is 0 Å². The highest BCUT2D eigenvalue weighted by Gasteiger charge is 2.38. The summed E-state index contributed by atoms with van der Waals surface area (Å²) in [7, 11) is 1.56. The fourth-order valence-corrected chi connectivity index (χ4v) is 3.43. The van der Waals surface area contributed by atoms with E-state index < -0.39 is 17.8 Å². The summed E-state index contributed by atoms with van der Waals surface area (Å²) in [4.78, 5) is 39.1. The average Bonchev–Trinajstić information content (AvgIpc) is 3.02. The molecule has 0 N–H and O–H groups in total. The number of imide groups is 1. The normalized spacial score (nSPS) is 12.7. The molecule has 2 amide bonds. The number of nitrogens with zero attached hydrogens (tertiary/aromatic N) is 1. The van der Waals surface area contributed by atoms with Gasteiger partial charge in [-0.2, -0.15) is 0 Å². The quantitative estimate of drug-likeness (QED) is 0.448. The second-order valence-electron chi connectivity index (χ2n) is 6.59. The first kappa shape index (κ1) is 19.7. The highest BCUT2D eigenvalue weighted by atomic mass is 35.5. The highest BCUT2D eigenvalue weighted by Crippen LogP contribution is 2.33. The number of fused-ring (bicyclic) bond motifs is 1. The molecule has 7 heteroatoms. The molecule has 1 heterocycles. The van der Waals surface area contributed by atoms with Gasteiger partial charge in [0.25, 0.3) is 11.8 Å². The van der Waals surface area contributed by atoms with Crippen molar-refractivity contribution >= 4 is 35.1 Å². The standard InChI is InChI=1S/C23H16ClNO5/c1-29-16-6-4-5-14(11-16)13-30-23(28)15-9-10-17-18(12-15)22(27)25(21(17)26)20-8-3-2-7-19(20)24/h2-12H,13H2,1H3. The Labute approximate surface area is 177 Å². The maximum absolute atomic E-state index is 12.9. The van der Waals surface area contributed by atoms with Gasteiger partial charge in [-0.1, -0.05) is 35.9 Å². The van der Waals surface area contributed by atoms with Crippen LogP contribution in [0.5, 0.6) is 5.75 Å². The van der Waals surface area contributed by atoms with Crippen LogP contribution in [0.15, 0.2) is 66.7 Å². The first-order chi connectivity index (χ1) is 14.5. The maximum atomic E-state index is 12.9. The molecule has 150 valence electrons. The molecular weight excluding hydrogens is 406 g/mol. The minimum absolute atomic E-state index is 0.0474. The fourth-order valence-electron chi connectivity index (χ4n) is 3.21. The summed E-state index contributed by atoms with van der Waals surface area (Å²) in [5, 5.41) is 0.282. The number of carbonyl (C=O) groups is 3. The van der Waals surface area contributed by atoms with E-state index in [-0.39, 0.29) is 28.3 Å². The minimum atomic E-state index is -0.600. The number of amides is 2. The lowest BCUT2D eigenvalue weighted by atomic mass is 10.1. The molecule has 30 heavy (non-hydrogen) atoms. The number of carbonyl (C=O) groups excluding carboxylic acids is 3. The molecule has 6 nitrogen and oxygen atoms in total. The van der Waals surface area contributed by atoms with E-state index in [2.05, 4.69) is 0 Å². The van der Waals surface area contributed by atoms with Crippen molar-refractivity contribution in [1.29, 1.82) is 0 Å². The van der Waals surface area contributed by atoms with E-state index in [1.807, 2.05) is 6.07 Å². The predicted octanol–water partition coefficient (Wildman–Crippen LogP) is 4.51. The lowest BCUT2D eigenvalue weighted by molar-refractivity contribution is 0.0472. The number of hydrogen-bond donors (Lipinski definition) is 0. The van der Waals surface area contributed by atoms with Gasteiger partial charge in [0, 0.05) is 0 Å². The van der Waals surface area contributed by atoms with Crippen LogP contribution in [0.25, 0.3) is 0 Å². The lowest BCUT2D eigenvalue weighted by Crippen LogP contribution is -2.29. The van der Waals surface area contributed by atoms with E-state index in [4.69, 9.17) is 21.1 Å². The van der Waals surface area contributed by atoms with Gasteiger partial charge < -0.3 is 9.47 Å². The van der Waals surface area contributed by atoms with Crippen LogP contribution in [-0.2, 0) is 11.3 Å². The Kier molecular flexibility index (Phi) is 5.25. The van der Waals surface area contributed by atoms with Crippen LogP contribution >= 0.6 is 11.6 Å². The summed E-state index contributed by atoms with van der Waals surface area (Å²) in [6.45, 7) is 0.0474. The van der Waals surface area contributed by atoms with E-state index in [9.17, 15) is 14.4 Å². The van der Waals surface area contributed by atoms with Gasteiger partial charge in [-0.3, -0.25) is 9.59 Å². The van der Waals surface area contributed by atoms with Crippen LogP contribution in [0.4, 0.5) is 5.69 Å². The summed E-state index contributed by atoms with van der Waals surface area (Å²) in [5.41, 5.74) is 1.59. The van der Waals surface area contributed by atoms with Gasteiger partial charge >= 0.3 is 5.97 Å². The van der Waals surface area contributed by atoms with E-state index in [0.29, 0.717) is 11.4 Å². The Balaban J connectivity index is 1.55. The van der Waals surface area contributed by atoms with Crippen LogP contribution in [0.3, 0.4) is 0 Å². The predicted molar refractivity (Wildman–Crippen MR) is 111 cm³/mol. The Morgan fingerprint density at radius 1 is 0.933 bits per heavy atom. The molecule has 3 aromatic carbocycles. The lowest BCUT2D eigenvalue weighted by Gasteiger charge is -2.15. The van der Waals surface area contributed by atoms with E-state index in [0.717, 1.165) is 10.5 Å². The van der Waals surface area contributed by atoms with Crippen molar-refractivity contribution in [3.63, 3.8) is 0 Å². The number of halogens is 1. The molecule has 0 aliphatic carbocycles. The first-order valence-electron chi connectivity index (χ1n) is 9.07. The number of hydrogen-bond acceptors (Lipinski definition) is 5. The van der Waals surface area contributed by atoms with Crippen LogP contribution in [0.1, 0.15) is 36.6 Å². The largest absolute Gasteiger partial charge is 0.497 e. The van der Waals surface area contributed by atoms with Gasteiger partial charge in [-0.05, 0) is 48.0 Å². The van der Waals surface area contributed by atoms with Crippen molar-refractivity contribution in [2.45, 2.75) is 6.61 Å². The molecule has 1 aliphatic heterocycles. The minimum Gasteiger partial charge on any atom is -0.497 e. The zero-order valence-electron chi connectivity index (χ0n) is 15.9. The van der Waals surface area contributed by atoms with Crippen molar-refractivity contribution in [3.05, 3.63) is 94.0 Å². The highest BCUT2D eigenvalue weighted by molar-refractivity contribution is 6.39. The third-order valence-electron chi connectivity index (χ3n) is 4.72. The smallest absolute Gasteiger partial charge is 0.338 e. The first-order valence-corrected chi connectivity index (χ1v) is 9.45. The number of benzene rings is 3. The van der Waals surface area contributed by atoms with E-state index >= 15 is 0 Å². The van der Waals surface area contributed by atoms with E-state index in [1.165, 1.54) is 18.2 Å².